The van der Waals surface area contributed by atoms with Crippen LogP contribution < -0.4 is 0 Å². The third kappa shape index (κ3) is 7.54. The van der Waals surface area contributed by atoms with Crippen LogP contribution in [0.3, 0.4) is 0 Å². The van der Waals surface area contributed by atoms with E-state index < -0.39 is 5.60 Å². The zero-order valence-electron chi connectivity index (χ0n) is 10.6. The highest BCUT2D eigenvalue weighted by atomic mass is 16.6. The maximum absolute atomic E-state index is 9.03. The Morgan fingerprint density at radius 2 is 1.67 bits per heavy atom. The van der Waals surface area contributed by atoms with Crippen molar-refractivity contribution >= 4 is 0 Å². The normalized spacial score (nSPS) is 12.9. The number of aliphatic hydroxyl groups is 1. The molecule has 0 aliphatic rings. The van der Waals surface area contributed by atoms with Crippen LogP contribution in [-0.4, -0.2) is 36.1 Å². The molecule has 15 heavy (non-hydrogen) atoms. The lowest BCUT2D eigenvalue weighted by Crippen LogP contribution is -2.38. The summed E-state index contributed by atoms with van der Waals surface area (Å²) >= 11 is 0. The van der Waals surface area contributed by atoms with Crippen molar-refractivity contribution < 1.29 is 14.6 Å². The summed E-state index contributed by atoms with van der Waals surface area (Å²) in [7, 11) is 0. The standard InChI is InChI=1S/C12H24O3/c1-10(2)7-14-12(5,6)9-15-11(3,4)8-13/h13H,1,7-9H2,2-6H3. The van der Waals surface area contributed by atoms with E-state index in [4.69, 9.17) is 14.6 Å². The van der Waals surface area contributed by atoms with Crippen molar-refractivity contribution in [1.29, 1.82) is 0 Å². The third-order valence-corrected chi connectivity index (χ3v) is 1.90. The van der Waals surface area contributed by atoms with Crippen molar-refractivity contribution in [3.8, 4) is 0 Å². The van der Waals surface area contributed by atoms with E-state index in [0.717, 1.165) is 5.57 Å². The molecule has 0 aromatic carbocycles. The molecule has 1 N–H and O–H groups in total. The lowest BCUT2D eigenvalue weighted by atomic mass is 10.1. The molecule has 0 aliphatic heterocycles. The van der Waals surface area contributed by atoms with E-state index in [9.17, 15) is 0 Å². The van der Waals surface area contributed by atoms with Crippen molar-refractivity contribution in [2.24, 2.45) is 0 Å². The summed E-state index contributed by atoms with van der Waals surface area (Å²) in [5.74, 6) is 0. The van der Waals surface area contributed by atoms with Gasteiger partial charge in [-0.05, 0) is 34.6 Å². The summed E-state index contributed by atoms with van der Waals surface area (Å²) in [5, 5.41) is 9.03. The molecule has 0 aromatic rings. The van der Waals surface area contributed by atoms with Crippen LogP contribution in [-0.2, 0) is 9.47 Å². The number of aliphatic hydroxyl groups excluding tert-OH is 1. The maximum atomic E-state index is 9.03. The Bertz CT molecular complexity index is 207. The molecule has 0 spiro atoms. The van der Waals surface area contributed by atoms with Gasteiger partial charge >= 0.3 is 0 Å². The second kappa shape index (κ2) is 5.64. The first-order chi connectivity index (χ1) is 6.68. The van der Waals surface area contributed by atoms with Gasteiger partial charge in [-0.25, -0.2) is 0 Å². The van der Waals surface area contributed by atoms with Crippen molar-refractivity contribution in [1.82, 2.24) is 0 Å². The second-order valence-corrected chi connectivity index (χ2v) is 5.21. The van der Waals surface area contributed by atoms with Crippen LogP contribution in [0, 0.1) is 0 Å². The minimum atomic E-state index is -0.510. The Morgan fingerprint density at radius 1 is 1.13 bits per heavy atom. The highest BCUT2D eigenvalue weighted by Crippen LogP contribution is 2.16. The SMILES string of the molecule is C=C(C)COC(C)(C)COC(C)(C)CO. The lowest BCUT2D eigenvalue weighted by Gasteiger charge is -2.31. The quantitative estimate of drug-likeness (QED) is 0.663. The van der Waals surface area contributed by atoms with Gasteiger partial charge < -0.3 is 14.6 Å². The molecule has 0 atom stereocenters. The lowest BCUT2D eigenvalue weighted by molar-refractivity contribution is -0.128. The van der Waals surface area contributed by atoms with Gasteiger partial charge in [-0.3, -0.25) is 0 Å². The monoisotopic (exact) mass is 216 g/mol. The maximum Gasteiger partial charge on any atom is 0.0863 e. The topological polar surface area (TPSA) is 38.7 Å². The number of rotatable bonds is 7. The van der Waals surface area contributed by atoms with Crippen LogP contribution in [0.5, 0.6) is 0 Å². The molecule has 3 nitrogen and oxygen atoms in total. The van der Waals surface area contributed by atoms with Gasteiger partial charge in [0.15, 0.2) is 0 Å². The van der Waals surface area contributed by atoms with E-state index in [-0.39, 0.29) is 12.2 Å². The summed E-state index contributed by atoms with van der Waals surface area (Å²) in [6.07, 6.45) is 0. The molecule has 0 heterocycles. The smallest absolute Gasteiger partial charge is 0.0863 e. The van der Waals surface area contributed by atoms with E-state index in [1.807, 2.05) is 34.6 Å². The summed E-state index contributed by atoms with van der Waals surface area (Å²) in [4.78, 5) is 0. The van der Waals surface area contributed by atoms with E-state index in [2.05, 4.69) is 6.58 Å². The molecule has 90 valence electrons. The highest BCUT2D eigenvalue weighted by Gasteiger charge is 2.24. The first-order valence-electron chi connectivity index (χ1n) is 5.22. The average molecular weight is 216 g/mol. The molecule has 0 radical (unpaired) electrons. The predicted octanol–water partition coefficient (Wildman–Crippen LogP) is 2.15. The third-order valence-electron chi connectivity index (χ3n) is 1.90. The van der Waals surface area contributed by atoms with Crippen LogP contribution >= 0.6 is 0 Å². The molecule has 0 aliphatic carbocycles. The fraction of sp³-hybridized carbons (Fsp3) is 0.833. The molecular weight excluding hydrogens is 192 g/mol. The minimum Gasteiger partial charge on any atom is -0.393 e. The van der Waals surface area contributed by atoms with Gasteiger partial charge in [-0.2, -0.15) is 0 Å². The zero-order chi connectivity index (χ0) is 12.1. The zero-order valence-corrected chi connectivity index (χ0v) is 10.6. The van der Waals surface area contributed by atoms with Gasteiger partial charge in [0.1, 0.15) is 0 Å². The number of hydrogen-bond donors (Lipinski definition) is 1. The fourth-order valence-corrected chi connectivity index (χ4v) is 0.775. The van der Waals surface area contributed by atoms with Crippen LogP contribution in [0.2, 0.25) is 0 Å². The molecular formula is C12H24O3. The molecule has 0 aromatic heterocycles. The Kier molecular flexibility index (Phi) is 5.49. The summed E-state index contributed by atoms with van der Waals surface area (Å²) in [5.41, 5.74) is 0.124. The summed E-state index contributed by atoms with van der Waals surface area (Å²) in [6, 6.07) is 0. The van der Waals surface area contributed by atoms with Crippen LogP contribution in [0.1, 0.15) is 34.6 Å². The van der Waals surface area contributed by atoms with Gasteiger partial charge in [-0.15, -0.1) is 0 Å². The molecule has 3 heteroatoms. The van der Waals surface area contributed by atoms with E-state index in [1.54, 1.807) is 0 Å². The van der Waals surface area contributed by atoms with Crippen LogP contribution in [0.4, 0.5) is 0 Å². The van der Waals surface area contributed by atoms with Gasteiger partial charge in [0.2, 0.25) is 0 Å². The van der Waals surface area contributed by atoms with Gasteiger partial charge in [0.25, 0.3) is 0 Å². The van der Waals surface area contributed by atoms with Gasteiger partial charge in [-0.1, -0.05) is 12.2 Å². The molecule has 0 amide bonds. The molecule has 0 saturated carbocycles. The van der Waals surface area contributed by atoms with Crippen molar-refractivity contribution in [3.63, 3.8) is 0 Å². The van der Waals surface area contributed by atoms with Crippen LogP contribution in [0.15, 0.2) is 12.2 Å². The summed E-state index contributed by atoms with van der Waals surface area (Å²) in [6.45, 7) is 14.3. The first kappa shape index (κ1) is 14.6. The number of ether oxygens (including phenoxy) is 2. The molecule has 0 bridgehead atoms. The summed E-state index contributed by atoms with van der Waals surface area (Å²) < 4.78 is 11.2. The van der Waals surface area contributed by atoms with Crippen LogP contribution in [0.25, 0.3) is 0 Å². The molecule has 0 fully saturated rings. The van der Waals surface area contributed by atoms with E-state index in [1.165, 1.54) is 0 Å². The van der Waals surface area contributed by atoms with Gasteiger partial charge in [0.05, 0.1) is 31.0 Å². The molecule has 0 saturated heterocycles. The van der Waals surface area contributed by atoms with E-state index >= 15 is 0 Å². The Morgan fingerprint density at radius 3 is 2.07 bits per heavy atom. The van der Waals surface area contributed by atoms with E-state index in [0.29, 0.717) is 13.2 Å². The molecule has 0 rings (SSSR count). The van der Waals surface area contributed by atoms with Crippen molar-refractivity contribution in [2.75, 3.05) is 19.8 Å². The number of hydrogen-bond acceptors (Lipinski definition) is 3. The van der Waals surface area contributed by atoms with Crippen molar-refractivity contribution in [3.05, 3.63) is 12.2 Å². The molecule has 0 unspecified atom stereocenters. The highest BCUT2D eigenvalue weighted by molar-refractivity contribution is 4.89. The Balaban J connectivity index is 3.98. The Labute approximate surface area is 93.1 Å². The fourth-order valence-electron chi connectivity index (χ4n) is 0.775. The van der Waals surface area contributed by atoms with Gasteiger partial charge in [0, 0.05) is 0 Å². The average Bonchev–Trinajstić information content (AvgIpc) is 2.13. The Hall–Kier alpha value is -0.380. The predicted molar refractivity (Wildman–Crippen MR) is 62.0 cm³/mol. The largest absolute Gasteiger partial charge is 0.393 e. The first-order valence-corrected chi connectivity index (χ1v) is 5.22. The second-order valence-electron chi connectivity index (χ2n) is 5.21. The van der Waals surface area contributed by atoms with Crippen molar-refractivity contribution in [2.45, 2.75) is 45.8 Å². The minimum absolute atomic E-state index is 0.00354.